The Bertz CT molecular complexity index is 421. The molecule has 0 atom stereocenters. The SMILES string of the molecule is C[CH-]c1ccc(OCCCCCCCCCCCCCCCCCC)cc1.[Br-].[Mg+2]. The molecule has 0 fully saturated rings. The predicted molar refractivity (Wildman–Crippen MR) is 126 cm³/mol. The molecule has 0 bridgehead atoms. The number of hydrogen-bond donors (Lipinski definition) is 0. The number of benzene rings is 1. The summed E-state index contributed by atoms with van der Waals surface area (Å²) >= 11 is 0. The van der Waals surface area contributed by atoms with Crippen LogP contribution in [0.15, 0.2) is 24.3 Å². The molecule has 0 aliphatic rings. The molecule has 0 aliphatic heterocycles. The molecule has 0 saturated heterocycles. The largest absolute Gasteiger partial charge is 2.00 e. The summed E-state index contributed by atoms with van der Waals surface area (Å²) in [5, 5.41) is 0. The van der Waals surface area contributed by atoms with Gasteiger partial charge in [0.05, 0.1) is 12.4 Å². The first kappa shape index (κ1) is 31.3. The van der Waals surface area contributed by atoms with Gasteiger partial charge in [0.1, 0.15) is 0 Å². The number of halogens is 1. The standard InChI is InChI=1S/C26H45O.BrH.Mg/c1-3-5-6-7-8-9-10-11-12-13-14-15-16-17-18-19-24-27-26-22-20-25(4-2)21-23-26;;/h4,20-23H,3,5-19,24H2,1-2H3;1H;/q-1;;+2/p-1. The molecule has 1 aromatic carbocycles. The zero-order chi connectivity index (χ0) is 19.4. The fourth-order valence-corrected chi connectivity index (χ4v) is 3.60. The Balaban J connectivity index is 0. The van der Waals surface area contributed by atoms with E-state index in [1.165, 1.54) is 108 Å². The second kappa shape index (κ2) is 24.4. The summed E-state index contributed by atoms with van der Waals surface area (Å²) in [6.45, 7) is 5.21. The summed E-state index contributed by atoms with van der Waals surface area (Å²) in [5.41, 5.74) is 1.25. The van der Waals surface area contributed by atoms with Gasteiger partial charge in [0.25, 0.3) is 0 Å². The van der Waals surface area contributed by atoms with Crippen LogP contribution in [0.3, 0.4) is 0 Å². The van der Waals surface area contributed by atoms with Gasteiger partial charge in [-0.25, -0.2) is 0 Å². The van der Waals surface area contributed by atoms with E-state index in [0.717, 1.165) is 12.4 Å². The Labute approximate surface area is 209 Å². The van der Waals surface area contributed by atoms with Crippen molar-refractivity contribution in [3.8, 4) is 5.75 Å². The molecule has 29 heavy (non-hydrogen) atoms. The van der Waals surface area contributed by atoms with Crippen LogP contribution < -0.4 is 21.7 Å². The summed E-state index contributed by atoms with van der Waals surface area (Å²) in [5.74, 6) is 1.00. The molecule has 0 spiro atoms. The molecule has 0 unspecified atom stereocenters. The molecule has 1 rings (SSSR count). The molecule has 0 radical (unpaired) electrons. The van der Waals surface area contributed by atoms with Gasteiger partial charge in [-0.3, -0.25) is 0 Å². The number of hydrogen-bond acceptors (Lipinski definition) is 1. The molecule has 1 aromatic rings. The van der Waals surface area contributed by atoms with Gasteiger partial charge in [-0.15, -0.1) is 0 Å². The summed E-state index contributed by atoms with van der Waals surface area (Å²) in [7, 11) is 0. The normalized spacial score (nSPS) is 10.1. The van der Waals surface area contributed by atoms with Crippen molar-refractivity contribution in [2.75, 3.05) is 6.61 Å². The van der Waals surface area contributed by atoms with Crippen LogP contribution >= 0.6 is 0 Å². The van der Waals surface area contributed by atoms with Gasteiger partial charge >= 0.3 is 23.1 Å². The van der Waals surface area contributed by atoms with E-state index in [1.807, 2.05) is 0 Å². The van der Waals surface area contributed by atoms with Gasteiger partial charge in [-0.05, 0) is 6.42 Å². The third kappa shape index (κ3) is 19.8. The van der Waals surface area contributed by atoms with Crippen molar-refractivity contribution in [1.29, 1.82) is 0 Å². The van der Waals surface area contributed by atoms with Gasteiger partial charge < -0.3 is 21.7 Å². The van der Waals surface area contributed by atoms with Gasteiger partial charge in [0.2, 0.25) is 0 Å². The maximum atomic E-state index is 5.81. The zero-order valence-electron chi connectivity index (χ0n) is 19.4. The minimum Gasteiger partial charge on any atom is -1.00 e. The Hall–Kier alpha value is 0.136. The van der Waals surface area contributed by atoms with Crippen LogP contribution in [0.4, 0.5) is 0 Å². The molecule has 0 heterocycles. The summed E-state index contributed by atoms with van der Waals surface area (Å²) in [6, 6.07) is 8.37. The predicted octanol–water partition coefficient (Wildman–Crippen LogP) is 5.52. The Morgan fingerprint density at radius 1 is 0.621 bits per heavy atom. The molecular formula is C26H45BrMgO. The van der Waals surface area contributed by atoms with Crippen molar-refractivity contribution in [3.05, 3.63) is 36.2 Å². The van der Waals surface area contributed by atoms with Crippen molar-refractivity contribution < 1.29 is 21.7 Å². The Kier molecular flexibility index (Phi) is 26.4. The van der Waals surface area contributed by atoms with E-state index in [4.69, 9.17) is 4.74 Å². The second-order valence-corrected chi connectivity index (χ2v) is 8.01. The van der Waals surface area contributed by atoms with Gasteiger partial charge in [-0.1, -0.05) is 122 Å². The third-order valence-electron chi connectivity index (χ3n) is 5.48. The van der Waals surface area contributed by atoms with E-state index in [-0.39, 0.29) is 40.0 Å². The van der Waals surface area contributed by atoms with Crippen LogP contribution in [0.25, 0.3) is 0 Å². The monoisotopic (exact) mass is 476 g/mol. The van der Waals surface area contributed by atoms with E-state index >= 15 is 0 Å². The molecule has 3 heteroatoms. The van der Waals surface area contributed by atoms with Crippen LogP contribution in [-0.4, -0.2) is 29.7 Å². The van der Waals surface area contributed by atoms with E-state index in [0.29, 0.717) is 0 Å². The van der Waals surface area contributed by atoms with E-state index < -0.39 is 0 Å². The van der Waals surface area contributed by atoms with Gasteiger partial charge in [-0.2, -0.15) is 24.1 Å². The Morgan fingerprint density at radius 3 is 1.38 bits per heavy atom. The van der Waals surface area contributed by atoms with Gasteiger partial charge in [0, 0.05) is 0 Å². The molecule has 164 valence electrons. The van der Waals surface area contributed by atoms with Crippen LogP contribution in [-0.2, 0) is 0 Å². The molecule has 0 saturated carbocycles. The van der Waals surface area contributed by atoms with Crippen molar-refractivity contribution in [3.63, 3.8) is 0 Å². The van der Waals surface area contributed by atoms with Crippen molar-refractivity contribution in [2.24, 2.45) is 0 Å². The minimum atomic E-state index is 0. The minimum absolute atomic E-state index is 0. The van der Waals surface area contributed by atoms with E-state index in [9.17, 15) is 0 Å². The molecule has 0 aliphatic carbocycles. The van der Waals surface area contributed by atoms with Crippen molar-refractivity contribution >= 4 is 23.1 Å². The van der Waals surface area contributed by atoms with Crippen LogP contribution in [0.5, 0.6) is 5.75 Å². The summed E-state index contributed by atoms with van der Waals surface area (Å²) in [4.78, 5) is 0. The average molecular weight is 478 g/mol. The van der Waals surface area contributed by atoms with Gasteiger partial charge in [0.15, 0.2) is 0 Å². The first-order valence-electron chi connectivity index (χ1n) is 11.9. The topological polar surface area (TPSA) is 9.23 Å². The third-order valence-corrected chi connectivity index (χ3v) is 5.48. The average Bonchev–Trinajstić information content (AvgIpc) is 2.70. The molecule has 0 aromatic heterocycles. The molecule has 0 N–H and O–H groups in total. The smallest absolute Gasteiger partial charge is 1.00 e. The van der Waals surface area contributed by atoms with Crippen molar-refractivity contribution in [2.45, 2.75) is 117 Å². The molecule has 1 nitrogen and oxygen atoms in total. The second-order valence-electron chi connectivity index (χ2n) is 8.01. The fourth-order valence-electron chi connectivity index (χ4n) is 3.60. The van der Waals surface area contributed by atoms with Crippen LogP contribution in [0.1, 0.15) is 122 Å². The van der Waals surface area contributed by atoms with E-state index in [1.54, 1.807) is 0 Å². The molecule has 0 amide bonds. The molecular weight excluding hydrogens is 432 g/mol. The number of ether oxygens (including phenoxy) is 1. The van der Waals surface area contributed by atoms with Crippen molar-refractivity contribution in [1.82, 2.24) is 0 Å². The first-order valence-corrected chi connectivity index (χ1v) is 11.9. The van der Waals surface area contributed by atoms with E-state index in [2.05, 4.69) is 44.5 Å². The summed E-state index contributed by atoms with van der Waals surface area (Å²) < 4.78 is 5.81. The fraction of sp³-hybridized carbons (Fsp3) is 0.731. The zero-order valence-corrected chi connectivity index (χ0v) is 22.4. The first-order chi connectivity index (χ1) is 13.4. The number of unbranched alkanes of at least 4 members (excludes halogenated alkanes) is 15. The maximum absolute atomic E-state index is 5.81. The quantitative estimate of drug-likeness (QED) is 0.145. The number of rotatable bonds is 19. The van der Waals surface area contributed by atoms with Crippen LogP contribution in [0.2, 0.25) is 0 Å². The van der Waals surface area contributed by atoms with Crippen LogP contribution in [0, 0.1) is 6.42 Å². The summed E-state index contributed by atoms with van der Waals surface area (Å²) in [6.07, 6.45) is 24.7. The maximum Gasteiger partial charge on any atom is 2.00 e. The Morgan fingerprint density at radius 2 is 1.00 bits per heavy atom.